The largest absolute Gasteiger partial charge is 0.495 e. The summed E-state index contributed by atoms with van der Waals surface area (Å²) in [5, 5.41) is 7.29. The van der Waals surface area contributed by atoms with E-state index >= 15 is 0 Å². The van der Waals surface area contributed by atoms with Crippen LogP contribution in [0.3, 0.4) is 0 Å². The molecule has 7 nitrogen and oxygen atoms in total. The molecule has 164 valence electrons. The molecule has 0 aliphatic carbocycles. The maximum atomic E-state index is 13.2. The van der Waals surface area contributed by atoms with E-state index in [0.29, 0.717) is 31.0 Å². The van der Waals surface area contributed by atoms with E-state index in [2.05, 4.69) is 10.2 Å². The Labute approximate surface area is 180 Å². The van der Waals surface area contributed by atoms with Gasteiger partial charge in [0.2, 0.25) is 10.0 Å². The van der Waals surface area contributed by atoms with Gasteiger partial charge in [-0.3, -0.25) is 5.10 Å². The molecular formula is C22H24FN3O4S. The Hall–Kier alpha value is -2.91. The molecule has 0 spiro atoms. The first-order chi connectivity index (χ1) is 14.9. The first kappa shape index (κ1) is 21.3. The van der Waals surface area contributed by atoms with Crippen LogP contribution in [0.2, 0.25) is 0 Å². The van der Waals surface area contributed by atoms with Crippen molar-refractivity contribution in [3.05, 3.63) is 71.3 Å². The second-order valence-corrected chi connectivity index (χ2v) is 9.47. The number of ether oxygens (including phenoxy) is 2. The normalized spacial score (nSPS) is 17.1. The van der Waals surface area contributed by atoms with Crippen LogP contribution in [0.1, 0.15) is 29.3 Å². The van der Waals surface area contributed by atoms with Crippen molar-refractivity contribution in [2.75, 3.05) is 20.2 Å². The Bertz CT molecular complexity index is 1160. The van der Waals surface area contributed by atoms with Crippen LogP contribution >= 0.6 is 0 Å². The molecule has 1 fully saturated rings. The zero-order valence-electron chi connectivity index (χ0n) is 17.3. The molecular weight excluding hydrogens is 421 g/mol. The average Bonchev–Trinajstić information content (AvgIpc) is 3.43. The van der Waals surface area contributed by atoms with E-state index in [0.717, 1.165) is 17.0 Å². The first-order valence-electron chi connectivity index (χ1n) is 9.94. The highest BCUT2D eigenvalue weighted by atomic mass is 32.2. The van der Waals surface area contributed by atoms with Gasteiger partial charge in [0, 0.05) is 19.0 Å². The number of hydrogen-bond donors (Lipinski definition) is 1. The van der Waals surface area contributed by atoms with Crippen LogP contribution in [0.5, 0.6) is 11.5 Å². The second-order valence-electron chi connectivity index (χ2n) is 7.56. The Morgan fingerprint density at radius 2 is 1.97 bits per heavy atom. The van der Waals surface area contributed by atoms with Crippen LogP contribution in [0.25, 0.3) is 0 Å². The van der Waals surface area contributed by atoms with Gasteiger partial charge in [-0.05, 0) is 61.4 Å². The summed E-state index contributed by atoms with van der Waals surface area (Å²) in [6, 6.07) is 12.8. The van der Waals surface area contributed by atoms with Crippen molar-refractivity contribution in [2.45, 2.75) is 30.8 Å². The number of benzene rings is 2. The molecule has 4 rings (SSSR count). The fourth-order valence-corrected chi connectivity index (χ4v) is 5.41. The van der Waals surface area contributed by atoms with Gasteiger partial charge in [-0.2, -0.15) is 9.40 Å². The van der Waals surface area contributed by atoms with Gasteiger partial charge in [0.15, 0.2) is 0 Å². The van der Waals surface area contributed by atoms with Crippen molar-refractivity contribution >= 4 is 10.0 Å². The van der Waals surface area contributed by atoms with Crippen LogP contribution < -0.4 is 9.47 Å². The smallest absolute Gasteiger partial charge is 0.246 e. The molecule has 2 aromatic carbocycles. The van der Waals surface area contributed by atoms with Gasteiger partial charge in [0.1, 0.15) is 28.8 Å². The fourth-order valence-electron chi connectivity index (χ4n) is 3.67. The lowest BCUT2D eigenvalue weighted by molar-refractivity contribution is 0.300. The van der Waals surface area contributed by atoms with Gasteiger partial charge in [-0.25, -0.2) is 12.8 Å². The third-order valence-electron chi connectivity index (χ3n) is 5.36. The topological polar surface area (TPSA) is 84.5 Å². The summed E-state index contributed by atoms with van der Waals surface area (Å²) in [5.74, 6) is 0.568. The predicted octanol–water partition coefficient (Wildman–Crippen LogP) is 3.62. The van der Waals surface area contributed by atoms with Crippen molar-refractivity contribution < 1.29 is 22.3 Å². The highest BCUT2D eigenvalue weighted by Gasteiger charge is 2.35. The Morgan fingerprint density at radius 3 is 2.71 bits per heavy atom. The highest BCUT2D eigenvalue weighted by molar-refractivity contribution is 7.89. The van der Waals surface area contributed by atoms with E-state index in [-0.39, 0.29) is 23.2 Å². The van der Waals surface area contributed by atoms with Crippen LogP contribution in [0.4, 0.5) is 4.39 Å². The first-order valence-corrected chi connectivity index (χ1v) is 11.4. The van der Waals surface area contributed by atoms with Gasteiger partial charge in [0.25, 0.3) is 0 Å². The zero-order chi connectivity index (χ0) is 22.0. The quantitative estimate of drug-likeness (QED) is 0.600. The SMILES string of the molecule is COc1ccc(C)cc1S(=O)(=O)N1CC[C@@H](c2cc(COc3ccc(F)cc3)[nH]n2)C1. The number of hydrogen-bond acceptors (Lipinski definition) is 5. The van der Waals surface area contributed by atoms with Crippen LogP contribution in [0.15, 0.2) is 53.4 Å². The molecule has 1 aromatic heterocycles. The number of H-pyrrole nitrogens is 1. The van der Waals surface area contributed by atoms with Crippen LogP contribution in [-0.2, 0) is 16.6 Å². The number of aryl methyl sites for hydroxylation is 1. The van der Waals surface area contributed by atoms with Gasteiger partial charge >= 0.3 is 0 Å². The summed E-state index contributed by atoms with van der Waals surface area (Å²) in [7, 11) is -2.20. The molecule has 1 aliphatic heterocycles. The van der Waals surface area contributed by atoms with Crippen molar-refractivity contribution in [1.82, 2.24) is 14.5 Å². The summed E-state index contributed by atoms with van der Waals surface area (Å²) in [6.45, 7) is 2.87. The third kappa shape index (κ3) is 4.57. The molecule has 1 N–H and O–H groups in total. The number of halogens is 1. The fraction of sp³-hybridized carbons (Fsp3) is 0.318. The van der Waals surface area contributed by atoms with E-state index in [1.807, 2.05) is 19.1 Å². The number of aromatic nitrogens is 2. The summed E-state index contributed by atoms with van der Waals surface area (Å²) in [4.78, 5) is 0.186. The molecule has 9 heteroatoms. The minimum Gasteiger partial charge on any atom is -0.495 e. The van der Waals surface area contributed by atoms with Crippen molar-refractivity contribution in [1.29, 1.82) is 0 Å². The Kier molecular flexibility index (Phi) is 5.97. The molecule has 1 saturated heterocycles. The number of nitrogens with zero attached hydrogens (tertiary/aromatic N) is 2. The molecule has 1 atom stereocenters. The van der Waals surface area contributed by atoms with E-state index in [1.165, 1.54) is 23.5 Å². The molecule has 0 radical (unpaired) electrons. The maximum absolute atomic E-state index is 13.2. The lowest BCUT2D eigenvalue weighted by Gasteiger charge is -2.18. The minimum absolute atomic E-state index is 0.0126. The van der Waals surface area contributed by atoms with Crippen LogP contribution in [0, 0.1) is 12.7 Å². The second kappa shape index (κ2) is 8.68. The average molecular weight is 446 g/mol. The lowest BCUT2D eigenvalue weighted by atomic mass is 10.1. The number of sulfonamides is 1. The Morgan fingerprint density at radius 1 is 1.19 bits per heavy atom. The molecule has 31 heavy (non-hydrogen) atoms. The van der Waals surface area contributed by atoms with Crippen LogP contribution in [-0.4, -0.2) is 43.1 Å². The van der Waals surface area contributed by atoms with Gasteiger partial charge < -0.3 is 9.47 Å². The summed E-state index contributed by atoms with van der Waals surface area (Å²) < 4.78 is 51.8. The van der Waals surface area contributed by atoms with E-state index < -0.39 is 10.0 Å². The zero-order valence-corrected chi connectivity index (χ0v) is 18.2. The van der Waals surface area contributed by atoms with Gasteiger partial charge in [0.05, 0.1) is 18.5 Å². The molecule has 0 unspecified atom stereocenters. The van der Waals surface area contributed by atoms with Crippen molar-refractivity contribution in [3.8, 4) is 11.5 Å². The highest BCUT2D eigenvalue weighted by Crippen LogP contribution is 2.34. The molecule has 0 amide bonds. The number of methoxy groups -OCH3 is 1. The monoisotopic (exact) mass is 445 g/mol. The maximum Gasteiger partial charge on any atom is 0.246 e. The number of nitrogens with one attached hydrogen (secondary N) is 1. The van der Waals surface area contributed by atoms with Gasteiger partial charge in [-0.1, -0.05) is 6.07 Å². The number of aromatic amines is 1. The molecule has 1 aliphatic rings. The number of rotatable bonds is 7. The van der Waals surface area contributed by atoms with E-state index in [1.54, 1.807) is 24.3 Å². The molecule has 2 heterocycles. The summed E-state index contributed by atoms with van der Waals surface area (Å²) >= 11 is 0. The summed E-state index contributed by atoms with van der Waals surface area (Å²) in [5.41, 5.74) is 2.42. The molecule has 0 saturated carbocycles. The predicted molar refractivity (Wildman–Crippen MR) is 113 cm³/mol. The van der Waals surface area contributed by atoms with Gasteiger partial charge in [-0.15, -0.1) is 0 Å². The minimum atomic E-state index is -3.67. The van der Waals surface area contributed by atoms with E-state index in [4.69, 9.17) is 9.47 Å². The lowest BCUT2D eigenvalue weighted by Crippen LogP contribution is -2.29. The summed E-state index contributed by atoms with van der Waals surface area (Å²) in [6.07, 6.45) is 0.677. The van der Waals surface area contributed by atoms with Crippen molar-refractivity contribution in [2.24, 2.45) is 0 Å². The molecule has 0 bridgehead atoms. The standard InChI is InChI=1S/C22H24FN3O4S/c1-15-3-8-21(29-2)22(11-15)31(27,28)26-10-9-16(13-26)20-12-18(24-25-20)14-30-19-6-4-17(23)5-7-19/h3-8,11-12,16H,9-10,13-14H2,1-2H3,(H,24,25)/t16-/m1/s1. The van der Waals surface area contributed by atoms with Crippen molar-refractivity contribution in [3.63, 3.8) is 0 Å². The molecule has 3 aromatic rings. The van der Waals surface area contributed by atoms with E-state index in [9.17, 15) is 12.8 Å². The Balaban J connectivity index is 1.43. The third-order valence-corrected chi connectivity index (χ3v) is 7.25.